The van der Waals surface area contributed by atoms with Crippen molar-refractivity contribution in [2.24, 2.45) is 0 Å². The molecule has 0 amide bonds. The number of hydrogen-bond donors (Lipinski definition) is 2. The molecule has 0 aliphatic heterocycles. The second kappa shape index (κ2) is 8.37. The number of aliphatic hydroxyl groups excluding tert-OH is 1. The number of benzene rings is 1. The average Bonchev–Trinajstić information content (AvgIpc) is 2.50. The van der Waals surface area contributed by atoms with Crippen LogP contribution in [0.3, 0.4) is 0 Å². The van der Waals surface area contributed by atoms with Gasteiger partial charge in [0.15, 0.2) is 0 Å². The molecule has 4 nitrogen and oxygen atoms in total. The minimum atomic E-state index is -0.210. The van der Waals surface area contributed by atoms with Crippen LogP contribution in [0.2, 0.25) is 0 Å². The van der Waals surface area contributed by atoms with Crippen LogP contribution in [0.15, 0.2) is 24.3 Å². The van der Waals surface area contributed by atoms with Crippen LogP contribution in [0.5, 0.6) is 5.75 Å². The van der Waals surface area contributed by atoms with Crippen LogP contribution in [-0.2, 0) is 4.74 Å². The van der Waals surface area contributed by atoms with E-state index in [-0.39, 0.29) is 18.2 Å². The van der Waals surface area contributed by atoms with Crippen LogP contribution in [-0.4, -0.2) is 37.6 Å². The summed E-state index contributed by atoms with van der Waals surface area (Å²) < 4.78 is 10.5. The van der Waals surface area contributed by atoms with Crippen LogP contribution in [0.4, 0.5) is 0 Å². The number of aliphatic hydroxyl groups is 1. The van der Waals surface area contributed by atoms with E-state index >= 15 is 0 Å². The first-order valence-corrected chi connectivity index (χ1v) is 7.86. The molecule has 21 heavy (non-hydrogen) atoms. The highest BCUT2D eigenvalue weighted by atomic mass is 16.5. The van der Waals surface area contributed by atoms with Crippen molar-refractivity contribution in [3.05, 3.63) is 29.8 Å². The molecule has 4 heteroatoms. The summed E-state index contributed by atoms with van der Waals surface area (Å²) >= 11 is 0. The van der Waals surface area contributed by atoms with Gasteiger partial charge < -0.3 is 19.9 Å². The number of rotatable bonds is 7. The smallest absolute Gasteiger partial charge is 0.119 e. The zero-order valence-corrected chi connectivity index (χ0v) is 13.0. The molecule has 0 aromatic heterocycles. The average molecular weight is 293 g/mol. The summed E-state index contributed by atoms with van der Waals surface area (Å²) in [6.07, 6.45) is 4.10. The maximum Gasteiger partial charge on any atom is 0.119 e. The molecule has 0 spiro atoms. The summed E-state index contributed by atoms with van der Waals surface area (Å²) in [4.78, 5) is 0. The van der Waals surface area contributed by atoms with Gasteiger partial charge in [-0.25, -0.2) is 0 Å². The molecule has 1 fully saturated rings. The first-order chi connectivity index (χ1) is 10.2. The van der Waals surface area contributed by atoms with Gasteiger partial charge in [0.1, 0.15) is 12.4 Å². The van der Waals surface area contributed by atoms with E-state index in [1.807, 2.05) is 12.1 Å². The Morgan fingerprint density at radius 2 is 1.90 bits per heavy atom. The van der Waals surface area contributed by atoms with Gasteiger partial charge in [-0.1, -0.05) is 25.0 Å². The third-order valence-corrected chi connectivity index (χ3v) is 4.13. The molecule has 118 valence electrons. The molecule has 0 bridgehead atoms. The second-order valence-electron chi connectivity index (χ2n) is 5.76. The van der Waals surface area contributed by atoms with Gasteiger partial charge in [-0.2, -0.15) is 0 Å². The van der Waals surface area contributed by atoms with Crippen molar-refractivity contribution >= 4 is 0 Å². The van der Waals surface area contributed by atoms with Crippen molar-refractivity contribution in [2.45, 2.75) is 50.8 Å². The Bertz CT molecular complexity index is 407. The topological polar surface area (TPSA) is 50.7 Å². The molecule has 1 aromatic rings. The Kier molecular flexibility index (Phi) is 6.49. The Morgan fingerprint density at radius 1 is 1.19 bits per heavy atom. The Morgan fingerprint density at radius 3 is 2.57 bits per heavy atom. The first kappa shape index (κ1) is 16.3. The number of methoxy groups -OCH3 is 1. The van der Waals surface area contributed by atoms with Crippen molar-refractivity contribution in [1.82, 2.24) is 5.32 Å². The van der Waals surface area contributed by atoms with Crippen molar-refractivity contribution < 1.29 is 14.6 Å². The zero-order valence-electron chi connectivity index (χ0n) is 13.0. The van der Waals surface area contributed by atoms with Gasteiger partial charge in [-0.3, -0.25) is 0 Å². The van der Waals surface area contributed by atoms with Gasteiger partial charge in [0, 0.05) is 19.2 Å². The lowest BCUT2D eigenvalue weighted by Gasteiger charge is -2.31. The third-order valence-electron chi connectivity index (χ3n) is 4.13. The lowest BCUT2D eigenvalue weighted by Crippen LogP contribution is -2.43. The molecule has 1 aliphatic rings. The summed E-state index contributed by atoms with van der Waals surface area (Å²) in [6, 6.07) is 8.58. The molecular weight excluding hydrogens is 266 g/mol. The number of ether oxygens (including phenoxy) is 2. The van der Waals surface area contributed by atoms with Gasteiger partial charge in [0.2, 0.25) is 0 Å². The molecule has 0 heterocycles. The fourth-order valence-corrected chi connectivity index (χ4v) is 2.82. The molecule has 0 saturated heterocycles. The van der Waals surface area contributed by atoms with E-state index in [1.165, 1.54) is 12.0 Å². The molecule has 0 radical (unpaired) electrons. The quantitative estimate of drug-likeness (QED) is 0.759. The summed E-state index contributed by atoms with van der Waals surface area (Å²) in [7, 11) is 1.67. The summed E-state index contributed by atoms with van der Waals surface area (Å²) in [5, 5.41) is 13.6. The standard InChI is InChI=1S/C17H27NO3/c1-13(18-16-5-3-4-6-17(16)19)14-7-9-15(10-8-14)21-12-11-20-2/h7-10,13,16-19H,3-6,11-12H2,1-2H3/t13-,16-,17+/m0/s1. The van der Waals surface area contributed by atoms with Crippen LogP contribution in [0.25, 0.3) is 0 Å². The SMILES string of the molecule is COCCOc1ccc([C@H](C)N[C@H]2CCCC[C@H]2O)cc1. The van der Waals surface area contributed by atoms with Crippen LogP contribution < -0.4 is 10.1 Å². The Labute approximate surface area is 127 Å². The molecule has 1 aliphatic carbocycles. The van der Waals surface area contributed by atoms with E-state index < -0.39 is 0 Å². The highest BCUT2D eigenvalue weighted by Gasteiger charge is 2.24. The Hall–Kier alpha value is -1.10. The van der Waals surface area contributed by atoms with Gasteiger partial charge >= 0.3 is 0 Å². The lowest BCUT2D eigenvalue weighted by molar-refractivity contribution is 0.0859. The van der Waals surface area contributed by atoms with E-state index in [9.17, 15) is 5.11 Å². The summed E-state index contributed by atoms with van der Waals surface area (Å²) in [6.45, 7) is 3.30. The van der Waals surface area contributed by atoms with Gasteiger partial charge in [-0.15, -0.1) is 0 Å². The predicted molar refractivity (Wildman–Crippen MR) is 83.6 cm³/mol. The second-order valence-corrected chi connectivity index (χ2v) is 5.76. The van der Waals surface area contributed by atoms with Crippen LogP contribution in [0, 0.1) is 0 Å². The molecule has 1 aromatic carbocycles. The fourth-order valence-electron chi connectivity index (χ4n) is 2.82. The fraction of sp³-hybridized carbons (Fsp3) is 0.647. The minimum Gasteiger partial charge on any atom is -0.491 e. The van der Waals surface area contributed by atoms with Crippen LogP contribution >= 0.6 is 0 Å². The van der Waals surface area contributed by atoms with Crippen LogP contribution in [0.1, 0.15) is 44.2 Å². The van der Waals surface area contributed by atoms with E-state index in [0.29, 0.717) is 13.2 Å². The maximum absolute atomic E-state index is 10.0. The molecule has 0 unspecified atom stereocenters. The third kappa shape index (κ3) is 4.99. The highest BCUT2D eigenvalue weighted by Crippen LogP contribution is 2.23. The van der Waals surface area contributed by atoms with Crippen molar-refractivity contribution in [2.75, 3.05) is 20.3 Å². The first-order valence-electron chi connectivity index (χ1n) is 7.86. The maximum atomic E-state index is 10.0. The molecule has 1 saturated carbocycles. The molecular formula is C17H27NO3. The Balaban J connectivity index is 1.85. The van der Waals surface area contributed by atoms with E-state index in [4.69, 9.17) is 9.47 Å². The predicted octanol–water partition coefficient (Wildman–Crippen LogP) is 2.67. The highest BCUT2D eigenvalue weighted by molar-refractivity contribution is 5.29. The van der Waals surface area contributed by atoms with Crippen molar-refractivity contribution in [3.63, 3.8) is 0 Å². The van der Waals surface area contributed by atoms with Gasteiger partial charge in [0.25, 0.3) is 0 Å². The lowest BCUT2D eigenvalue weighted by atomic mass is 9.91. The molecule has 2 N–H and O–H groups in total. The minimum absolute atomic E-state index is 0.210. The van der Waals surface area contributed by atoms with Crippen molar-refractivity contribution in [3.8, 4) is 5.75 Å². The normalized spacial score (nSPS) is 23.8. The zero-order chi connectivity index (χ0) is 15.1. The number of hydrogen-bond acceptors (Lipinski definition) is 4. The monoisotopic (exact) mass is 293 g/mol. The van der Waals surface area contributed by atoms with Gasteiger partial charge in [-0.05, 0) is 37.5 Å². The molecule has 3 atom stereocenters. The van der Waals surface area contributed by atoms with Gasteiger partial charge in [0.05, 0.1) is 12.7 Å². The van der Waals surface area contributed by atoms with Crippen molar-refractivity contribution in [1.29, 1.82) is 0 Å². The van der Waals surface area contributed by atoms with E-state index in [2.05, 4.69) is 24.4 Å². The summed E-state index contributed by atoms with van der Waals surface area (Å²) in [5.41, 5.74) is 1.21. The summed E-state index contributed by atoms with van der Waals surface area (Å²) in [5.74, 6) is 0.862. The largest absolute Gasteiger partial charge is 0.491 e. The molecule has 2 rings (SSSR count). The van der Waals surface area contributed by atoms with E-state index in [1.54, 1.807) is 7.11 Å². The number of nitrogens with one attached hydrogen (secondary N) is 1. The van der Waals surface area contributed by atoms with E-state index in [0.717, 1.165) is 25.0 Å².